The van der Waals surface area contributed by atoms with E-state index >= 15 is 0 Å². The molecule has 0 bridgehead atoms. The van der Waals surface area contributed by atoms with Crippen molar-refractivity contribution in [2.45, 2.75) is 70.7 Å². The van der Waals surface area contributed by atoms with Crippen molar-refractivity contribution in [2.24, 2.45) is 0 Å². The van der Waals surface area contributed by atoms with Gasteiger partial charge in [0.2, 0.25) is 0 Å². The van der Waals surface area contributed by atoms with Gasteiger partial charge < -0.3 is 5.11 Å². The first kappa shape index (κ1) is 13.1. The van der Waals surface area contributed by atoms with Gasteiger partial charge in [-0.1, -0.05) is 0 Å². The number of aromatic nitrogens is 3. The van der Waals surface area contributed by atoms with E-state index in [-0.39, 0.29) is 6.10 Å². The predicted octanol–water partition coefficient (Wildman–Crippen LogP) is 1.00. The van der Waals surface area contributed by atoms with Crippen LogP contribution in [0.3, 0.4) is 0 Å². The van der Waals surface area contributed by atoms with Gasteiger partial charge in [-0.25, -0.2) is 9.67 Å². The molecule has 19 heavy (non-hydrogen) atoms. The SMILES string of the molecule is CC(C)N1CCCC1Cc1nc2n(n1)CC(O)CC2. The molecule has 0 amide bonds. The molecule has 5 nitrogen and oxygen atoms in total. The van der Waals surface area contributed by atoms with E-state index < -0.39 is 0 Å². The zero-order chi connectivity index (χ0) is 13.4. The first-order valence-electron chi connectivity index (χ1n) is 7.50. The molecular formula is C14H24N4O. The quantitative estimate of drug-likeness (QED) is 0.885. The minimum Gasteiger partial charge on any atom is -0.391 e. The maximum Gasteiger partial charge on any atom is 0.152 e. The number of hydrogen-bond acceptors (Lipinski definition) is 4. The lowest BCUT2D eigenvalue weighted by atomic mass is 10.1. The van der Waals surface area contributed by atoms with E-state index in [4.69, 9.17) is 0 Å². The van der Waals surface area contributed by atoms with Crippen LogP contribution in [0.2, 0.25) is 0 Å². The van der Waals surface area contributed by atoms with Gasteiger partial charge in [-0.05, 0) is 39.7 Å². The normalized spacial score (nSPS) is 28.0. The van der Waals surface area contributed by atoms with Crippen LogP contribution < -0.4 is 0 Å². The van der Waals surface area contributed by atoms with Crippen LogP contribution in [0.1, 0.15) is 44.8 Å². The molecule has 3 rings (SSSR count). The van der Waals surface area contributed by atoms with Crippen LogP contribution >= 0.6 is 0 Å². The summed E-state index contributed by atoms with van der Waals surface area (Å²) in [4.78, 5) is 7.22. The van der Waals surface area contributed by atoms with Gasteiger partial charge in [0, 0.05) is 24.9 Å². The molecule has 5 heteroatoms. The Morgan fingerprint density at radius 2 is 2.21 bits per heavy atom. The smallest absolute Gasteiger partial charge is 0.152 e. The lowest BCUT2D eigenvalue weighted by molar-refractivity contribution is 0.124. The first-order chi connectivity index (χ1) is 9.13. The van der Waals surface area contributed by atoms with Crippen LogP contribution in [-0.4, -0.2) is 49.5 Å². The monoisotopic (exact) mass is 264 g/mol. The number of hydrogen-bond donors (Lipinski definition) is 1. The van der Waals surface area contributed by atoms with Crippen LogP contribution in [0.15, 0.2) is 0 Å². The fourth-order valence-corrected chi connectivity index (χ4v) is 3.40. The Morgan fingerprint density at radius 3 is 3.00 bits per heavy atom. The van der Waals surface area contributed by atoms with E-state index in [1.807, 2.05) is 4.68 Å². The zero-order valence-electron chi connectivity index (χ0n) is 11.9. The van der Waals surface area contributed by atoms with Crippen LogP contribution in [0.25, 0.3) is 0 Å². The summed E-state index contributed by atoms with van der Waals surface area (Å²) in [5, 5.41) is 14.2. The van der Waals surface area contributed by atoms with Crippen molar-refractivity contribution >= 4 is 0 Å². The molecule has 0 radical (unpaired) electrons. The number of rotatable bonds is 3. The third-order valence-electron chi connectivity index (χ3n) is 4.38. The van der Waals surface area contributed by atoms with Gasteiger partial charge in [-0.15, -0.1) is 0 Å². The lowest BCUT2D eigenvalue weighted by Gasteiger charge is -2.27. The van der Waals surface area contributed by atoms with E-state index in [1.54, 1.807) is 0 Å². The Morgan fingerprint density at radius 1 is 1.37 bits per heavy atom. The van der Waals surface area contributed by atoms with Gasteiger partial charge >= 0.3 is 0 Å². The van der Waals surface area contributed by atoms with E-state index in [1.165, 1.54) is 19.4 Å². The van der Waals surface area contributed by atoms with E-state index in [9.17, 15) is 5.11 Å². The molecule has 3 heterocycles. The van der Waals surface area contributed by atoms with E-state index in [0.717, 1.165) is 30.9 Å². The van der Waals surface area contributed by atoms with Crippen molar-refractivity contribution < 1.29 is 5.11 Å². The number of likely N-dealkylation sites (tertiary alicyclic amines) is 1. The summed E-state index contributed by atoms with van der Waals surface area (Å²) in [6.45, 7) is 6.34. The Hall–Kier alpha value is -0.940. The topological polar surface area (TPSA) is 54.2 Å². The molecule has 106 valence electrons. The van der Waals surface area contributed by atoms with Gasteiger partial charge in [-0.3, -0.25) is 4.90 Å². The van der Waals surface area contributed by atoms with Crippen LogP contribution in [0.5, 0.6) is 0 Å². The van der Waals surface area contributed by atoms with Crippen LogP contribution in [0.4, 0.5) is 0 Å². The molecule has 2 atom stereocenters. The average Bonchev–Trinajstić information content (AvgIpc) is 2.95. The summed E-state index contributed by atoms with van der Waals surface area (Å²) in [5.41, 5.74) is 0. The van der Waals surface area contributed by atoms with Crippen LogP contribution in [0, 0.1) is 0 Å². The standard InChI is InChI=1S/C14H24N4O/c1-10(2)17-7-3-4-11(17)8-13-15-14-6-5-12(19)9-18(14)16-13/h10-12,19H,3-9H2,1-2H3. The Labute approximate surface area is 114 Å². The highest BCUT2D eigenvalue weighted by molar-refractivity contribution is 5.00. The second-order valence-electron chi connectivity index (χ2n) is 6.15. The second-order valence-corrected chi connectivity index (χ2v) is 6.15. The second kappa shape index (κ2) is 5.21. The highest BCUT2D eigenvalue weighted by Gasteiger charge is 2.28. The first-order valence-corrected chi connectivity index (χ1v) is 7.50. The van der Waals surface area contributed by atoms with Crippen molar-refractivity contribution in [1.82, 2.24) is 19.7 Å². The molecule has 1 saturated heterocycles. The van der Waals surface area contributed by atoms with Crippen molar-refractivity contribution in [3.05, 3.63) is 11.6 Å². The molecule has 0 aromatic carbocycles. The Kier molecular flexibility index (Phi) is 3.58. The summed E-state index contributed by atoms with van der Waals surface area (Å²) in [5.74, 6) is 2.01. The zero-order valence-corrected chi connectivity index (χ0v) is 11.9. The minimum atomic E-state index is -0.249. The molecule has 2 aliphatic rings. The summed E-state index contributed by atoms with van der Waals surface area (Å²) < 4.78 is 1.90. The highest BCUT2D eigenvalue weighted by atomic mass is 16.3. The highest BCUT2D eigenvalue weighted by Crippen LogP contribution is 2.23. The summed E-state index contributed by atoms with van der Waals surface area (Å²) in [6.07, 6.45) is 4.92. The number of nitrogens with zero attached hydrogens (tertiary/aromatic N) is 4. The molecule has 2 aliphatic heterocycles. The van der Waals surface area contributed by atoms with Crippen molar-refractivity contribution in [1.29, 1.82) is 0 Å². The fourth-order valence-electron chi connectivity index (χ4n) is 3.40. The number of aliphatic hydroxyl groups excluding tert-OH is 1. The van der Waals surface area contributed by atoms with Gasteiger partial charge in [-0.2, -0.15) is 5.10 Å². The van der Waals surface area contributed by atoms with Crippen LogP contribution in [-0.2, 0) is 19.4 Å². The molecule has 1 fully saturated rings. The molecule has 1 aromatic heterocycles. The number of aliphatic hydroxyl groups is 1. The minimum absolute atomic E-state index is 0.249. The molecule has 2 unspecified atom stereocenters. The van der Waals surface area contributed by atoms with Gasteiger partial charge in [0.25, 0.3) is 0 Å². The van der Waals surface area contributed by atoms with Gasteiger partial charge in [0.05, 0.1) is 12.6 Å². The van der Waals surface area contributed by atoms with Crippen molar-refractivity contribution in [2.75, 3.05) is 6.54 Å². The molecule has 0 saturated carbocycles. The third-order valence-corrected chi connectivity index (χ3v) is 4.38. The maximum absolute atomic E-state index is 9.67. The largest absolute Gasteiger partial charge is 0.391 e. The summed E-state index contributed by atoms with van der Waals surface area (Å²) in [6, 6.07) is 1.20. The average molecular weight is 264 g/mol. The van der Waals surface area contributed by atoms with E-state index in [0.29, 0.717) is 18.6 Å². The Balaban J connectivity index is 1.70. The van der Waals surface area contributed by atoms with Gasteiger partial charge in [0.1, 0.15) is 5.82 Å². The third kappa shape index (κ3) is 2.67. The molecule has 0 aliphatic carbocycles. The van der Waals surface area contributed by atoms with Gasteiger partial charge in [0.15, 0.2) is 5.82 Å². The number of fused-ring (bicyclic) bond motifs is 1. The lowest BCUT2D eigenvalue weighted by Crippen LogP contribution is -2.36. The maximum atomic E-state index is 9.67. The molecular weight excluding hydrogens is 240 g/mol. The summed E-state index contributed by atoms with van der Waals surface area (Å²) in [7, 11) is 0. The molecule has 1 N–H and O–H groups in total. The van der Waals surface area contributed by atoms with Crippen molar-refractivity contribution in [3.8, 4) is 0 Å². The fraction of sp³-hybridized carbons (Fsp3) is 0.857. The van der Waals surface area contributed by atoms with Crippen molar-refractivity contribution in [3.63, 3.8) is 0 Å². The Bertz CT molecular complexity index is 443. The molecule has 1 aromatic rings. The molecule has 0 spiro atoms. The summed E-state index contributed by atoms with van der Waals surface area (Å²) >= 11 is 0. The predicted molar refractivity (Wildman–Crippen MR) is 72.9 cm³/mol. The number of aryl methyl sites for hydroxylation is 1. The van der Waals surface area contributed by atoms with E-state index in [2.05, 4.69) is 28.8 Å².